The van der Waals surface area contributed by atoms with Crippen molar-refractivity contribution < 1.29 is 14.3 Å². The highest BCUT2D eigenvalue weighted by Crippen LogP contribution is 2.25. The molecule has 1 atom stereocenters. The van der Waals surface area contributed by atoms with Gasteiger partial charge in [0.05, 0.1) is 31.9 Å². The summed E-state index contributed by atoms with van der Waals surface area (Å²) in [5.41, 5.74) is 3.20. The smallest absolute Gasteiger partial charge is 0.255 e. The van der Waals surface area contributed by atoms with E-state index in [1.807, 2.05) is 53.3 Å². The minimum absolute atomic E-state index is 0.0137. The van der Waals surface area contributed by atoms with E-state index in [1.165, 1.54) is 0 Å². The number of nitrogens with zero attached hydrogens (tertiary/aromatic N) is 3. The summed E-state index contributed by atoms with van der Waals surface area (Å²) in [5.74, 6) is 1.23. The number of aromatic nitrogens is 2. The van der Waals surface area contributed by atoms with Gasteiger partial charge in [-0.25, -0.2) is 0 Å². The summed E-state index contributed by atoms with van der Waals surface area (Å²) in [7, 11) is 1.64. The molecule has 1 fully saturated rings. The van der Waals surface area contributed by atoms with E-state index in [-0.39, 0.29) is 12.0 Å². The molecule has 0 spiro atoms. The normalized spacial score (nSPS) is 16.5. The molecule has 7 nitrogen and oxygen atoms in total. The molecule has 34 heavy (non-hydrogen) atoms. The molecule has 3 aromatic rings. The quantitative estimate of drug-likeness (QED) is 0.525. The maximum Gasteiger partial charge on any atom is 0.255 e. The van der Waals surface area contributed by atoms with Crippen molar-refractivity contribution in [2.75, 3.05) is 39.9 Å². The molecule has 1 saturated heterocycles. The molecular formula is C27H34N4O3. The van der Waals surface area contributed by atoms with Crippen molar-refractivity contribution in [1.29, 1.82) is 0 Å². The minimum Gasteiger partial charge on any atom is -0.497 e. The average molecular weight is 463 g/mol. The van der Waals surface area contributed by atoms with Crippen molar-refractivity contribution in [3.05, 3.63) is 71.9 Å². The summed E-state index contributed by atoms with van der Waals surface area (Å²) >= 11 is 0. The highest BCUT2D eigenvalue weighted by molar-refractivity contribution is 5.99. The molecule has 4 rings (SSSR count). The maximum atomic E-state index is 13.3. The van der Waals surface area contributed by atoms with Crippen LogP contribution in [0, 0.1) is 5.92 Å². The molecule has 0 saturated carbocycles. The SMILES string of the molecule is COc1ccc(-c2nn(Cc3ccccc3)cc2C(=O)NCC2CN(CC(C)C)CCO2)cc1. The van der Waals surface area contributed by atoms with E-state index in [1.54, 1.807) is 7.11 Å². The number of carbonyl (C=O) groups excluding carboxylic acids is 1. The Morgan fingerprint density at radius 2 is 1.94 bits per heavy atom. The van der Waals surface area contributed by atoms with Crippen LogP contribution < -0.4 is 10.1 Å². The second-order valence-electron chi connectivity index (χ2n) is 9.16. The standard InChI is InChI=1S/C27H34N4O3/c1-20(2)16-30-13-14-34-24(18-30)15-28-27(32)25-19-31(17-21-7-5-4-6-8-21)29-26(25)22-9-11-23(33-3)12-10-22/h4-12,19-20,24H,13-18H2,1-3H3,(H,28,32). The Morgan fingerprint density at radius 1 is 1.18 bits per heavy atom. The molecule has 1 unspecified atom stereocenters. The summed E-state index contributed by atoms with van der Waals surface area (Å²) in [6.07, 6.45) is 1.81. The van der Waals surface area contributed by atoms with Gasteiger partial charge in [-0.05, 0) is 35.7 Å². The van der Waals surface area contributed by atoms with Crippen LogP contribution in [0.15, 0.2) is 60.8 Å². The van der Waals surface area contributed by atoms with Crippen LogP contribution in [0.5, 0.6) is 5.75 Å². The number of methoxy groups -OCH3 is 1. The van der Waals surface area contributed by atoms with Gasteiger partial charge in [0, 0.05) is 37.9 Å². The van der Waals surface area contributed by atoms with Gasteiger partial charge in [-0.1, -0.05) is 44.2 Å². The largest absolute Gasteiger partial charge is 0.497 e. The Labute approximate surface area is 201 Å². The fourth-order valence-corrected chi connectivity index (χ4v) is 4.29. The van der Waals surface area contributed by atoms with Crippen LogP contribution >= 0.6 is 0 Å². The fourth-order valence-electron chi connectivity index (χ4n) is 4.29. The maximum absolute atomic E-state index is 13.3. The van der Waals surface area contributed by atoms with E-state index in [2.05, 4.69) is 36.2 Å². The highest BCUT2D eigenvalue weighted by Gasteiger charge is 2.23. The van der Waals surface area contributed by atoms with Crippen LogP contribution in [0.1, 0.15) is 29.8 Å². The van der Waals surface area contributed by atoms with E-state index in [0.717, 1.165) is 36.5 Å². The van der Waals surface area contributed by atoms with E-state index >= 15 is 0 Å². The summed E-state index contributed by atoms with van der Waals surface area (Å²) in [6.45, 7) is 9.02. The van der Waals surface area contributed by atoms with Crippen LogP contribution in [-0.4, -0.2) is 66.6 Å². The van der Waals surface area contributed by atoms with Gasteiger partial charge in [0.1, 0.15) is 11.4 Å². The van der Waals surface area contributed by atoms with E-state index in [4.69, 9.17) is 14.6 Å². The van der Waals surface area contributed by atoms with Gasteiger partial charge < -0.3 is 14.8 Å². The van der Waals surface area contributed by atoms with E-state index in [9.17, 15) is 4.79 Å². The van der Waals surface area contributed by atoms with Crippen LogP contribution in [0.25, 0.3) is 11.3 Å². The number of benzene rings is 2. The van der Waals surface area contributed by atoms with Crippen molar-refractivity contribution in [3.63, 3.8) is 0 Å². The average Bonchev–Trinajstić information content (AvgIpc) is 3.27. The Morgan fingerprint density at radius 3 is 2.65 bits per heavy atom. The van der Waals surface area contributed by atoms with Crippen LogP contribution in [0.4, 0.5) is 0 Å². The van der Waals surface area contributed by atoms with Gasteiger partial charge >= 0.3 is 0 Å². The number of hydrogen-bond donors (Lipinski definition) is 1. The summed E-state index contributed by atoms with van der Waals surface area (Å²) in [6, 6.07) is 17.7. The monoisotopic (exact) mass is 462 g/mol. The zero-order valence-corrected chi connectivity index (χ0v) is 20.2. The van der Waals surface area contributed by atoms with Crippen LogP contribution in [0.2, 0.25) is 0 Å². The fraction of sp³-hybridized carbons (Fsp3) is 0.407. The van der Waals surface area contributed by atoms with Crippen LogP contribution in [0.3, 0.4) is 0 Å². The van der Waals surface area contributed by atoms with Gasteiger partial charge in [-0.15, -0.1) is 0 Å². The molecule has 0 bridgehead atoms. The number of nitrogens with one attached hydrogen (secondary N) is 1. The number of hydrogen-bond acceptors (Lipinski definition) is 5. The molecule has 0 aliphatic carbocycles. The molecule has 1 N–H and O–H groups in total. The molecule has 1 aliphatic heterocycles. The van der Waals surface area contributed by atoms with Crippen molar-refractivity contribution in [1.82, 2.24) is 20.0 Å². The van der Waals surface area contributed by atoms with E-state index in [0.29, 0.717) is 36.9 Å². The lowest BCUT2D eigenvalue weighted by molar-refractivity contribution is -0.0295. The first-order valence-electron chi connectivity index (χ1n) is 11.9. The molecule has 2 aromatic carbocycles. The third kappa shape index (κ3) is 6.24. The number of ether oxygens (including phenoxy) is 2. The summed E-state index contributed by atoms with van der Waals surface area (Å²) < 4.78 is 13.0. The molecular weight excluding hydrogens is 428 g/mol. The minimum atomic E-state index is -0.144. The second-order valence-corrected chi connectivity index (χ2v) is 9.16. The van der Waals surface area contributed by atoms with Gasteiger partial charge in [-0.3, -0.25) is 14.4 Å². The summed E-state index contributed by atoms with van der Waals surface area (Å²) in [4.78, 5) is 15.7. The highest BCUT2D eigenvalue weighted by atomic mass is 16.5. The van der Waals surface area contributed by atoms with Crippen molar-refractivity contribution >= 4 is 5.91 Å². The Kier molecular flexibility index (Phi) is 7.98. The van der Waals surface area contributed by atoms with Gasteiger partial charge in [-0.2, -0.15) is 5.10 Å². The van der Waals surface area contributed by atoms with E-state index < -0.39 is 0 Å². The predicted octanol–water partition coefficient (Wildman–Crippen LogP) is 3.69. The molecule has 7 heteroatoms. The van der Waals surface area contributed by atoms with Crippen molar-refractivity contribution in [2.24, 2.45) is 5.92 Å². The third-order valence-corrected chi connectivity index (χ3v) is 5.89. The third-order valence-electron chi connectivity index (χ3n) is 5.89. The molecule has 1 aromatic heterocycles. The first kappa shape index (κ1) is 24.0. The lowest BCUT2D eigenvalue weighted by Crippen LogP contribution is -2.48. The number of morpholine rings is 1. The zero-order chi connectivity index (χ0) is 23.9. The van der Waals surface area contributed by atoms with Crippen molar-refractivity contribution in [3.8, 4) is 17.0 Å². The van der Waals surface area contributed by atoms with Gasteiger partial charge in [0.2, 0.25) is 0 Å². The Hall–Kier alpha value is -3.16. The number of rotatable bonds is 9. The number of carbonyl (C=O) groups is 1. The topological polar surface area (TPSA) is 68.6 Å². The summed E-state index contributed by atoms with van der Waals surface area (Å²) in [5, 5.41) is 7.85. The predicted molar refractivity (Wildman–Crippen MR) is 133 cm³/mol. The second kappa shape index (κ2) is 11.3. The number of amides is 1. The molecule has 1 amide bonds. The lowest BCUT2D eigenvalue weighted by Gasteiger charge is -2.33. The van der Waals surface area contributed by atoms with Gasteiger partial charge in [0.25, 0.3) is 5.91 Å². The first-order chi connectivity index (χ1) is 16.5. The molecule has 2 heterocycles. The lowest BCUT2D eigenvalue weighted by atomic mass is 10.1. The van der Waals surface area contributed by atoms with Gasteiger partial charge in [0.15, 0.2) is 0 Å². The zero-order valence-electron chi connectivity index (χ0n) is 20.2. The first-order valence-corrected chi connectivity index (χ1v) is 11.9. The van der Waals surface area contributed by atoms with Crippen LogP contribution in [-0.2, 0) is 11.3 Å². The Balaban J connectivity index is 1.50. The molecule has 180 valence electrons. The van der Waals surface area contributed by atoms with Crippen molar-refractivity contribution in [2.45, 2.75) is 26.5 Å². The Bertz CT molecular complexity index is 1060. The molecule has 0 radical (unpaired) electrons. The molecule has 1 aliphatic rings.